The molecule has 2 aromatic carbocycles. The number of aromatic nitrogens is 2. The molecule has 2 N–H and O–H groups in total. The number of benzene rings is 2. The summed E-state index contributed by atoms with van der Waals surface area (Å²) in [5.41, 5.74) is 5.77. The lowest BCUT2D eigenvalue weighted by Crippen LogP contribution is -2.33. The average Bonchev–Trinajstić information content (AvgIpc) is 3.05. The maximum Gasteiger partial charge on any atom is 0.248 e. The summed E-state index contributed by atoms with van der Waals surface area (Å²) in [6.07, 6.45) is 6.65. The molecule has 10 nitrogen and oxygen atoms in total. The second-order valence-electron chi connectivity index (χ2n) is 10.8. The van der Waals surface area contributed by atoms with Gasteiger partial charge in [0, 0.05) is 62.4 Å². The van der Waals surface area contributed by atoms with E-state index in [1.807, 2.05) is 56.3 Å². The van der Waals surface area contributed by atoms with Crippen molar-refractivity contribution >= 4 is 33.9 Å². The Hall–Kier alpha value is -4.98. The number of pyridine rings is 2. The van der Waals surface area contributed by atoms with Gasteiger partial charge in [-0.05, 0) is 68.7 Å². The van der Waals surface area contributed by atoms with Gasteiger partial charge in [-0.25, -0.2) is 0 Å². The lowest BCUT2D eigenvalue weighted by atomic mass is 10.0. The molecule has 10 heteroatoms. The van der Waals surface area contributed by atoms with E-state index in [1.54, 1.807) is 31.6 Å². The normalized spacial score (nSPS) is 13.2. The van der Waals surface area contributed by atoms with Crippen molar-refractivity contribution in [3.05, 3.63) is 89.4 Å². The number of hydrogen-bond donors (Lipinski definition) is 2. The molecule has 3 heterocycles. The van der Waals surface area contributed by atoms with E-state index in [0.29, 0.717) is 53.4 Å². The Bertz CT molecular complexity index is 1710. The standard InChI is InChI=1S/C35H38N6O4/c1-4-44-33-20-30-29(19-31(33)40-34(42)18-25-10-13-41(14-11-25)15-16-43-3)35(26(21-36)22-38-30)39-27-8-9-32(24(2)17-27)45-23-28-7-5-6-12-37-28/h5-9,12,17-20,22H,4,10-11,13-16,23H2,1-3H3,(H,38,39)(H,40,42). The molecule has 45 heavy (non-hydrogen) atoms. The van der Waals surface area contributed by atoms with Crippen molar-refractivity contribution in [2.24, 2.45) is 0 Å². The zero-order chi connectivity index (χ0) is 31.6. The van der Waals surface area contributed by atoms with Crippen molar-refractivity contribution in [2.75, 3.05) is 50.6 Å². The summed E-state index contributed by atoms with van der Waals surface area (Å²) < 4.78 is 17.1. The van der Waals surface area contributed by atoms with Gasteiger partial charge in [-0.15, -0.1) is 0 Å². The highest BCUT2D eigenvalue weighted by molar-refractivity contribution is 6.05. The Morgan fingerprint density at radius 2 is 1.93 bits per heavy atom. The Morgan fingerprint density at radius 1 is 1.09 bits per heavy atom. The summed E-state index contributed by atoms with van der Waals surface area (Å²) in [5.74, 6) is 1.04. The van der Waals surface area contributed by atoms with Crippen LogP contribution in [0.3, 0.4) is 0 Å². The van der Waals surface area contributed by atoms with E-state index in [2.05, 4.69) is 31.6 Å². The van der Waals surface area contributed by atoms with E-state index >= 15 is 0 Å². The van der Waals surface area contributed by atoms with Crippen LogP contribution in [-0.2, 0) is 16.1 Å². The van der Waals surface area contributed by atoms with Gasteiger partial charge in [-0.2, -0.15) is 5.26 Å². The number of methoxy groups -OCH3 is 1. The highest BCUT2D eigenvalue weighted by Gasteiger charge is 2.18. The van der Waals surface area contributed by atoms with E-state index in [9.17, 15) is 10.1 Å². The molecule has 232 valence electrons. The number of piperidine rings is 1. The van der Waals surface area contributed by atoms with Crippen LogP contribution >= 0.6 is 0 Å². The number of amides is 1. The predicted molar refractivity (Wildman–Crippen MR) is 175 cm³/mol. The summed E-state index contributed by atoms with van der Waals surface area (Å²) in [6.45, 7) is 8.03. The number of nitriles is 1. The average molecular weight is 607 g/mol. The van der Waals surface area contributed by atoms with Gasteiger partial charge in [0.2, 0.25) is 5.91 Å². The molecule has 0 unspecified atom stereocenters. The number of carbonyl (C=O) groups excluding carboxylic acids is 1. The van der Waals surface area contributed by atoms with E-state index in [-0.39, 0.29) is 5.91 Å². The van der Waals surface area contributed by atoms with Crippen LogP contribution in [0.5, 0.6) is 11.5 Å². The van der Waals surface area contributed by atoms with Crippen LogP contribution in [0.1, 0.15) is 36.6 Å². The molecule has 0 radical (unpaired) electrons. The number of rotatable bonds is 12. The highest BCUT2D eigenvalue weighted by Crippen LogP contribution is 2.37. The number of fused-ring (bicyclic) bond motifs is 1. The summed E-state index contributed by atoms with van der Waals surface area (Å²) in [4.78, 5) is 24.3. The first-order valence-corrected chi connectivity index (χ1v) is 15.1. The van der Waals surface area contributed by atoms with Crippen molar-refractivity contribution in [1.82, 2.24) is 14.9 Å². The van der Waals surface area contributed by atoms with Gasteiger partial charge < -0.3 is 29.7 Å². The summed E-state index contributed by atoms with van der Waals surface area (Å²) in [5, 5.41) is 17.1. The minimum absolute atomic E-state index is 0.216. The van der Waals surface area contributed by atoms with Crippen molar-refractivity contribution < 1.29 is 19.0 Å². The van der Waals surface area contributed by atoms with Crippen LogP contribution in [0, 0.1) is 18.3 Å². The largest absolute Gasteiger partial charge is 0.492 e. The minimum atomic E-state index is -0.216. The van der Waals surface area contributed by atoms with Crippen molar-refractivity contribution in [2.45, 2.75) is 33.3 Å². The first-order chi connectivity index (χ1) is 22.0. The molecule has 2 aromatic heterocycles. The lowest BCUT2D eigenvalue weighted by Gasteiger charge is -2.27. The van der Waals surface area contributed by atoms with Gasteiger partial charge in [0.15, 0.2) is 0 Å². The van der Waals surface area contributed by atoms with Gasteiger partial charge in [-0.1, -0.05) is 11.6 Å². The third-order valence-electron chi connectivity index (χ3n) is 7.64. The number of carbonyl (C=O) groups is 1. The third-order valence-corrected chi connectivity index (χ3v) is 7.64. The van der Waals surface area contributed by atoms with Crippen LogP contribution in [0.15, 0.2) is 72.6 Å². The molecule has 1 aliphatic heterocycles. The molecule has 0 bridgehead atoms. The fourth-order valence-electron chi connectivity index (χ4n) is 5.26. The van der Waals surface area contributed by atoms with Gasteiger partial charge in [0.05, 0.1) is 41.4 Å². The van der Waals surface area contributed by atoms with Crippen molar-refractivity contribution in [1.29, 1.82) is 5.26 Å². The number of nitrogens with zero attached hydrogens (tertiary/aromatic N) is 4. The van der Waals surface area contributed by atoms with Crippen LogP contribution in [0.2, 0.25) is 0 Å². The lowest BCUT2D eigenvalue weighted by molar-refractivity contribution is -0.112. The SMILES string of the molecule is CCOc1cc2ncc(C#N)c(Nc3ccc(OCc4ccccn4)c(C)c3)c2cc1NC(=O)C=C1CCN(CCOC)CC1. The van der Waals surface area contributed by atoms with E-state index in [0.717, 1.165) is 60.7 Å². The third kappa shape index (κ3) is 8.15. The monoisotopic (exact) mass is 606 g/mol. The van der Waals surface area contributed by atoms with E-state index in [4.69, 9.17) is 14.2 Å². The summed E-state index contributed by atoms with van der Waals surface area (Å²) in [6, 6.07) is 17.3. The number of ether oxygens (including phenoxy) is 3. The Kier molecular flexibility index (Phi) is 10.6. The van der Waals surface area contributed by atoms with E-state index in [1.165, 1.54) is 0 Å². The second-order valence-corrected chi connectivity index (χ2v) is 10.8. The zero-order valence-electron chi connectivity index (χ0n) is 25.9. The number of aryl methyl sites for hydroxylation is 1. The first-order valence-electron chi connectivity index (χ1n) is 15.1. The molecule has 1 amide bonds. The first kappa shape index (κ1) is 31.4. The topological polar surface area (TPSA) is 122 Å². The second kappa shape index (κ2) is 15.1. The van der Waals surface area contributed by atoms with Gasteiger partial charge in [-0.3, -0.25) is 14.8 Å². The van der Waals surface area contributed by atoms with E-state index < -0.39 is 0 Å². The number of hydrogen-bond acceptors (Lipinski definition) is 9. The molecular formula is C35H38N6O4. The predicted octanol–water partition coefficient (Wildman–Crippen LogP) is 6.14. The van der Waals surface area contributed by atoms with Crippen LogP contribution < -0.4 is 20.1 Å². The summed E-state index contributed by atoms with van der Waals surface area (Å²) >= 11 is 0. The molecule has 0 atom stereocenters. The molecule has 1 saturated heterocycles. The smallest absolute Gasteiger partial charge is 0.248 e. The molecule has 5 rings (SSSR count). The number of anilines is 3. The maximum absolute atomic E-state index is 13.2. The minimum Gasteiger partial charge on any atom is -0.492 e. The molecule has 0 saturated carbocycles. The van der Waals surface area contributed by atoms with Crippen LogP contribution in [0.25, 0.3) is 10.9 Å². The quantitative estimate of drug-likeness (QED) is 0.183. The highest BCUT2D eigenvalue weighted by atomic mass is 16.5. The Balaban J connectivity index is 1.38. The molecular weight excluding hydrogens is 568 g/mol. The van der Waals surface area contributed by atoms with Gasteiger partial charge >= 0.3 is 0 Å². The van der Waals surface area contributed by atoms with Gasteiger partial charge in [0.1, 0.15) is 24.2 Å². The molecule has 4 aromatic rings. The van der Waals surface area contributed by atoms with Crippen LogP contribution in [0.4, 0.5) is 17.1 Å². The number of likely N-dealkylation sites (tertiary alicyclic amines) is 1. The van der Waals surface area contributed by atoms with Crippen molar-refractivity contribution in [3.63, 3.8) is 0 Å². The Labute approximate surface area is 263 Å². The zero-order valence-corrected chi connectivity index (χ0v) is 25.9. The van der Waals surface area contributed by atoms with Gasteiger partial charge in [0.25, 0.3) is 0 Å². The molecule has 0 aliphatic carbocycles. The molecule has 1 fully saturated rings. The fraction of sp³-hybridized carbons (Fsp3) is 0.314. The summed E-state index contributed by atoms with van der Waals surface area (Å²) in [7, 11) is 1.71. The van der Waals surface area contributed by atoms with Crippen molar-refractivity contribution in [3.8, 4) is 17.6 Å². The maximum atomic E-state index is 13.2. The Morgan fingerprint density at radius 3 is 2.64 bits per heavy atom. The number of nitrogens with one attached hydrogen (secondary N) is 2. The molecule has 1 aliphatic rings. The molecule has 0 spiro atoms. The van der Waals surface area contributed by atoms with Crippen LogP contribution in [-0.4, -0.2) is 60.7 Å². The fourth-order valence-corrected chi connectivity index (χ4v) is 5.26.